The van der Waals surface area contributed by atoms with E-state index in [0.717, 1.165) is 37.7 Å². The lowest BCUT2D eigenvalue weighted by atomic mass is 9.57. The van der Waals surface area contributed by atoms with Crippen molar-refractivity contribution in [2.24, 2.45) is 23.2 Å². The summed E-state index contributed by atoms with van der Waals surface area (Å²) in [5.41, 5.74) is -0.112. The van der Waals surface area contributed by atoms with Crippen molar-refractivity contribution < 1.29 is 33.6 Å². The van der Waals surface area contributed by atoms with Gasteiger partial charge in [0.2, 0.25) is 5.79 Å². The molecule has 0 aromatic heterocycles. The zero-order valence-electron chi connectivity index (χ0n) is 23.2. The number of hydrogen-bond donors (Lipinski definition) is 1. The van der Waals surface area contributed by atoms with Crippen LogP contribution in [0.1, 0.15) is 92.4 Å². The maximum absolute atomic E-state index is 13.3. The van der Waals surface area contributed by atoms with Crippen LogP contribution in [0.2, 0.25) is 0 Å². The number of Topliss-reactive ketones (excluding diaryl/α,β-unsaturated/α-hetero) is 1. The second-order valence-corrected chi connectivity index (χ2v) is 13.4. The SMILES string of the molecule is C=C1CC[C@@H](CC[C@H]2CC[C@]3(OC2)O[C@@]2(O)CC[C@]3(C)OC2(C)C)C(C)(C)[C@H]1C(=O)CC1=CCOC1=O. The van der Waals surface area contributed by atoms with Gasteiger partial charge in [0, 0.05) is 30.8 Å². The third kappa shape index (κ3) is 4.34. The van der Waals surface area contributed by atoms with Gasteiger partial charge >= 0.3 is 5.97 Å². The fourth-order valence-electron chi connectivity index (χ4n) is 7.81. The Balaban J connectivity index is 1.19. The van der Waals surface area contributed by atoms with E-state index in [4.69, 9.17) is 18.9 Å². The number of fused-ring (bicyclic) bond motifs is 2. The van der Waals surface area contributed by atoms with Crippen molar-refractivity contribution in [2.75, 3.05) is 13.2 Å². The predicted octanol–water partition coefficient (Wildman–Crippen LogP) is 5.01. The molecule has 5 fully saturated rings. The summed E-state index contributed by atoms with van der Waals surface area (Å²) >= 11 is 0. The average Bonchev–Trinajstić information content (AvgIpc) is 3.20. The fraction of sp³-hybridized carbons (Fsp3) is 0.800. The van der Waals surface area contributed by atoms with Gasteiger partial charge in [-0.25, -0.2) is 4.79 Å². The molecule has 1 N–H and O–H groups in total. The topological polar surface area (TPSA) is 91.3 Å². The molecule has 6 rings (SSSR count). The third-order valence-corrected chi connectivity index (χ3v) is 10.4. The predicted molar refractivity (Wildman–Crippen MR) is 137 cm³/mol. The molecule has 5 aliphatic heterocycles. The molecule has 0 aromatic carbocycles. The Kier molecular flexibility index (Phi) is 6.58. The Bertz CT molecular complexity index is 1000. The summed E-state index contributed by atoms with van der Waals surface area (Å²) < 4.78 is 24.2. The van der Waals surface area contributed by atoms with E-state index in [0.29, 0.717) is 43.3 Å². The summed E-state index contributed by atoms with van der Waals surface area (Å²) in [6.45, 7) is 15.3. The molecule has 6 atom stereocenters. The highest BCUT2D eigenvalue weighted by Gasteiger charge is 2.71. The largest absolute Gasteiger partial charge is 0.458 e. The maximum Gasteiger partial charge on any atom is 0.334 e. The zero-order valence-corrected chi connectivity index (χ0v) is 23.2. The monoisotopic (exact) mass is 516 g/mol. The number of rotatable bonds is 6. The number of cyclic esters (lactones) is 1. The molecule has 1 saturated carbocycles. The number of esters is 1. The first-order valence-electron chi connectivity index (χ1n) is 14.1. The van der Waals surface area contributed by atoms with E-state index in [-0.39, 0.29) is 36.1 Å². The molecular formula is C30H44O7. The molecule has 37 heavy (non-hydrogen) atoms. The van der Waals surface area contributed by atoms with Gasteiger partial charge in [-0.3, -0.25) is 4.79 Å². The fourth-order valence-corrected chi connectivity index (χ4v) is 7.81. The molecule has 4 saturated heterocycles. The first-order chi connectivity index (χ1) is 17.2. The number of aliphatic hydroxyl groups is 1. The van der Waals surface area contributed by atoms with Crippen molar-refractivity contribution in [3.63, 3.8) is 0 Å². The quantitative estimate of drug-likeness (QED) is 0.392. The van der Waals surface area contributed by atoms with Crippen molar-refractivity contribution in [3.05, 3.63) is 23.8 Å². The molecule has 7 nitrogen and oxygen atoms in total. The first-order valence-corrected chi connectivity index (χ1v) is 14.1. The van der Waals surface area contributed by atoms with Gasteiger partial charge in [-0.15, -0.1) is 0 Å². The highest BCUT2D eigenvalue weighted by molar-refractivity contribution is 5.98. The number of carbonyl (C=O) groups is 2. The van der Waals surface area contributed by atoms with Crippen LogP contribution in [0.15, 0.2) is 23.8 Å². The van der Waals surface area contributed by atoms with Crippen LogP contribution in [0, 0.1) is 23.2 Å². The Labute approximate surface area is 220 Å². The minimum absolute atomic E-state index is 0.0753. The average molecular weight is 517 g/mol. The van der Waals surface area contributed by atoms with Gasteiger partial charge in [0.15, 0.2) is 5.79 Å². The number of carbonyl (C=O) groups excluding carboxylic acids is 2. The van der Waals surface area contributed by atoms with E-state index in [1.54, 1.807) is 6.08 Å². The number of allylic oxidation sites excluding steroid dienone is 1. The molecule has 6 aliphatic rings. The van der Waals surface area contributed by atoms with E-state index in [1.165, 1.54) is 0 Å². The second-order valence-electron chi connectivity index (χ2n) is 13.4. The van der Waals surface area contributed by atoms with Gasteiger partial charge in [-0.05, 0) is 82.6 Å². The van der Waals surface area contributed by atoms with Gasteiger partial charge in [0.1, 0.15) is 23.6 Å². The minimum Gasteiger partial charge on any atom is -0.458 e. The second kappa shape index (κ2) is 9.00. The normalized spacial score (nSPS) is 42.5. The Hall–Kier alpha value is -1.54. The van der Waals surface area contributed by atoms with Crippen LogP contribution >= 0.6 is 0 Å². The van der Waals surface area contributed by atoms with Crippen LogP contribution < -0.4 is 0 Å². The molecule has 2 bridgehead atoms. The summed E-state index contributed by atoms with van der Waals surface area (Å²) in [6.07, 6.45) is 8.65. The molecule has 0 amide bonds. The van der Waals surface area contributed by atoms with Crippen LogP contribution in [-0.4, -0.2) is 52.8 Å². The van der Waals surface area contributed by atoms with Crippen molar-refractivity contribution in [3.8, 4) is 0 Å². The van der Waals surface area contributed by atoms with E-state index >= 15 is 0 Å². The molecule has 206 valence electrons. The third-order valence-electron chi connectivity index (χ3n) is 10.4. The highest BCUT2D eigenvalue weighted by atomic mass is 16.8. The summed E-state index contributed by atoms with van der Waals surface area (Å²) in [5.74, 6) is -2.00. The van der Waals surface area contributed by atoms with E-state index in [1.807, 2.05) is 13.8 Å². The summed E-state index contributed by atoms with van der Waals surface area (Å²) in [4.78, 5) is 25.2. The molecular weight excluding hydrogens is 472 g/mol. The zero-order chi connectivity index (χ0) is 26.9. The molecule has 1 aliphatic carbocycles. The van der Waals surface area contributed by atoms with Gasteiger partial charge < -0.3 is 24.1 Å². The molecule has 7 heteroatoms. The van der Waals surface area contributed by atoms with Crippen LogP contribution in [0.5, 0.6) is 0 Å². The van der Waals surface area contributed by atoms with Gasteiger partial charge in [-0.2, -0.15) is 0 Å². The number of hydrogen-bond acceptors (Lipinski definition) is 7. The highest BCUT2D eigenvalue weighted by Crippen LogP contribution is 2.59. The Morgan fingerprint density at radius 2 is 1.84 bits per heavy atom. The Morgan fingerprint density at radius 3 is 2.46 bits per heavy atom. The lowest BCUT2D eigenvalue weighted by molar-refractivity contribution is -0.522. The van der Waals surface area contributed by atoms with E-state index in [2.05, 4.69) is 27.4 Å². The first kappa shape index (κ1) is 27.0. The van der Waals surface area contributed by atoms with E-state index in [9.17, 15) is 14.7 Å². The summed E-state index contributed by atoms with van der Waals surface area (Å²) in [7, 11) is 0. The summed E-state index contributed by atoms with van der Waals surface area (Å²) in [6, 6.07) is 0. The Morgan fingerprint density at radius 1 is 1.08 bits per heavy atom. The minimum atomic E-state index is -1.33. The van der Waals surface area contributed by atoms with Crippen LogP contribution in [0.25, 0.3) is 0 Å². The number of ketones is 1. The van der Waals surface area contributed by atoms with Gasteiger partial charge in [-0.1, -0.05) is 26.0 Å². The van der Waals surface area contributed by atoms with Crippen molar-refractivity contribution in [2.45, 2.75) is 115 Å². The van der Waals surface area contributed by atoms with Crippen molar-refractivity contribution in [1.82, 2.24) is 0 Å². The van der Waals surface area contributed by atoms with Crippen LogP contribution in [-0.2, 0) is 28.5 Å². The van der Waals surface area contributed by atoms with Gasteiger partial charge in [0.05, 0.1) is 6.61 Å². The molecule has 0 radical (unpaired) electrons. The van der Waals surface area contributed by atoms with Crippen LogP contribution in [0.3, 0.4) is 0 Å². The molecule has 0 unspecified atom stereocenters. The molecule has 0 aromatic rings. The lowest BCUT2D eigenvalue weighted by Gasteiger charge is -2.66. The molecule has 5 heterocycles. The lowest BCUT2D eigenvalue weighted by Crippen LogP contribution is -2.78. The molecule has 1 spiro atoms. The summed E-state index contributed by atoms with van der Waals surface area (Å²) in [5, 5.41) is 11.2. The van der Waals surface area contributed by atoms with E-state index < -0.39 is 22.8 Å². The maximum atomic E-state index is 13.3. The standard InChI is InChI=1S/C30H44O7/c1-19-7-9-22(26(2,3)24(19)23(31)17-21-12-16-34-25(21)32)10-8-20-11-13-30(35-18-20)28(6)14-15-29(33,37-30)27(4,5)36-28/h12,20,22,24,33H,1,7-11,13-18H2,2-6H3/t20-,22-,24+,28-,29-,30-/m0/s1. The van der Waals surface area contributed by atoms with Crippen molar-refractivity contribution in [1.29, 1.82) is 0 Å². The van der Waals surface area contributed by atoms with Crippen molar-refractivity contribution >= 4 is 11.8 Å². The van der Waals surface area contributed by atoms with Crippen LogP contribution in [0.4, 0.5) is 0 Å². The van der Waals surface area contributed by atoms with Gasteiger partial charge in [0.25, 0.3) is 0 Å². The smallest absolute Gasteiger partial charge is 0.334 e. The number of ether oxygens (including phenoxy) is 4.